The van der Waals surface area contributed by atoms with Crippen LogP contribution in [0.5, 0.6) is 5.75 Å². The number of benzene rings is 1. The summed E-state index contributed by atoms with van der Waals surface area (Å²) in [6, 6.07) is 7.99. The maximum Gasteiger partial charge on any atom is 0.126 e. The van der Waals surface area contributed by atoms with E-state index in [0.717, 1.165) is 11.6 Å². The van der Waals surface area contributed by atoms with Crippen LogP contribution in [0.3, 0.4) is 0 Å². The first-order valence-corrected chi connectivity index (χ1v) is 6.22. The van der Waals surface area contributed by atoms with Gasteiger partial charge in [-0.15, -0.1) is 0 Å². The van der Waals surface area contributed by atoms with E-state index in [4.69, 9.17) is 0 Å². The number of hydrogen-bond acceptors (Lipinski definition) is 3. The van der Waals surface area contributed by atoms with Crippen molar-refractivity contribution in [2.24, 2.45) is 0 Å². The number of nitrogens with one attached hydrogen (secondary N) is 1. The zero-order valence-electron chi connectivity index (χ0n) is 11.0. The molecule has 0 amide bonds. The van der Waals surface area contributed by atoms with Crippen molar-refractivity contribution in [3.63, 3.8) is 0 Å². The maximum atomic E-state index is 13.0. The minimum Gasteiger partial charge on any atom is -0.508 e. The predicted molar refractivity (Wildman–Crippen MR) is 72.3 cm³/mol. The van der Waals surface area contributed by atoms with Gasteiger partial charge in [0.1, 0.15) is 11.6 Å². The van der Waals surface area contributed by atoms with Crippen molar-refractivity contribution in [3.05, 3.63) is 59.7 Å². The zero-order chi connectivity index (χ0) is 13.8. The molecule has 0 saturated carbocycles. The summed E-state index contributed by atoms with van der Waals surface area (Å²) in [5, 5.41) is 13.1. The average molecular weight is 260 g/mol. The van der Waals surface area contributed by atoms with Crippen molar-refractivity contribution in [1.29, 1.82) is 0 Å². The van der Waals surface area contributed by atoms with Crippen LogP contribution >= 0.6 is 0 Å². The molecule has 1 unspecified atom stereocenters. The van der Waals surface area contributed by atoms with Crippen LogP contribution in [0.1, 0.15) is 37.1 Å². The summed E-state index contributed by atoms with van der Waals surface area (Å²) < 4.78 is 13.0. The van der Waals surface area contributed by atoms with Gasteiger partial charge in [-0.1, -0.05) is 6.07 Å². The fourth-order valence-corrected chi connectivity index (χ4v) is 2.10. The van der Waals surface area contributed by atoms with Gasteiger partial charge in [0.15, 0.2) is 0 Å². The van der Waals surface area contributed by atoms with E-state index < -0.39 is 5.82 Å². The molecule has 0 aliphatic carbocycles. The Labute approximate surface area is 112 Å². The predicted octanol–water partition coefficient (Wildman–Crippen LogP) is 3.34. The van der Waals surface area contributed by atoms with Crippen molar-refractivity contribution in [2.75, 3.05) is 0 Å². The van der Waals surface area contributed by atoms with Gasteiger partial charge >= 0.3 is 0 Å². The third-order valence-electron chi connectivity index (χ3n) is 3.17. The molecule has 0 aliphatic rings. The molecule has 0 radical (unpaired) electrons. The van der Waals surface area contributed by atoms with Crippen LogP contribution in [0, 0.1) is 5.82 Å². The number of aromatic nitrogens is 1. The summed E-state index contributed by atoms with van der Waals surface area (Å²) in [5.74, 6) is -0.461. The van der Waals surface area contributed by atoms with E-state index in [1.165, 1.54) is 6.07 Å². The van der Waals surface area contributed by atoms with Gasteiger partial charge in [-0.2, -0.15) is 0 Å². The first kappa shape index (κ1) is 13.5. The smallest absolute Gasteiger partial charge is 0.126 e. The third-order valence-corrected chi connectivity index (χ3v) is 3.17. The number of phenolic OH excluding ortho intramolecular Hbond substituents is 1. The Balaban J connectivity index is 2.10. The maximum absolute atomic E-state index is 13.0. The quantitative estimate of drug-likeness (QED) is 0.886. The highest BCUT2D eigenvalue weighted by molar-refractivity contribution is 5.35. The highest BCUT2D eigenvalue weighted by Crippen LogP contribution is 2.26. The summed E-state index contributed by atoms with van der Waals surface area (Å²) in [5.41, 5.74) is 1.80. The molecular weight excluding hydrogens is 243 g/mol. The first-order chi connectivity index (χ1) is 9.08. The fourth-order valence-electron chi connectivity index (χ4n) is 2.10. The molecule has 2 atom stereocenters. The lowest BCUT2D eigenvalue weighted by atomic mass is 10.0. The topological polar surface area (TPSA) is 45.2 Å². The van der Waals surface area contributed by atoms with Crippen molar-refractivity contribution < 1.29 is 9.50 Å². The minimum atomic E-state index is -0.435. The second-order valence-electron chi connectivity index (χ2n) is 4.59. The molecule has 2 rings (SSSR count). The lowest BCUT2D eigenvalue weighted by Crippen LogP contribution is -2.22. The molecule has 2 aromatic rings. The Kier molecular flexibility index (Phi) is 4.12. The lowest BCUT2D eigenvalue weighted by Gasteiger charge is -2.21. The van der Waals surface area contributed by atoms with Crippen LogP contribution in [-0.4, -0.2) is 10.1 Å². The number of halogens is 1. The van der Waals surface area contributed by atoms with Gasteiger partial charge in [0, 0.05) is 36.1 Å². The molecule has 0 aliphatic heterocycles. The van der Waals surface area contributed by atoms with Crippen molar-refractivity contribution in [3.8, 4) is 5.75 Å². The molecule has 3 nitrogen and oxygen atoms in total. The summed E-state index contributed by atoms with van der Waals surface area (Å²) in [6.45, 7) is 3.97. The van der Waals surface area contributed by atoms with Crippen molar-refractivity contribution in [2.45, 2.75) is 25.9 Å². The molecule has 0 spiro atoms. The number of hydrogen-bond donors (Lipinski definition) is 2. The number of aromatic hydroxyl groups is 1. The lowest BCUT2D eigenvalue weighted by molar-refractivity contribution is 0.434. The molecule has 1 heterocycles. The molecule has 19 heavy (non-hydrogen) atoms. The fraction of sp³-hybridized carbons (Fsp3) is 0.267. The highest BCUT2D eigenvalue weighted by atomic mass is 19.1. The van der Waals surface area contributed by atoms with Gasteiger partial charge < -0.3 is 10.4 Å². The molecule has 2 N–H and O–H groups in total. The van der Waals surface area contributed by atoms with E-state index in [1.54, 1.807) is 18.5 Å². The van der Waals surface area contributed by atoms with E-state index in [9.17, 15) is 9.50 Å². The van der Waals surface area contributed by atoms with Crippen LogP contribution in [0.15, 0.2) is 42.7 Å². The van der Waals surface area contributed by atoms with Gasteiger partial charge in [0.2, 0.25) is 0 Å². The third kappa shape index (κ3) is 3.29. The second kappa shape index (κ2) is 5.80. The molecule has 100 valence electrons. The van der Waals surface area contributed by atoms with E-state index >= 15 is 0 Å². The summed E-state index contributed by atoms with van der Waals surface area (Å²) >= 11 is 0. The number of pyridine rings is 1. The van der Waals surface area contributed by atoms with Crippen molar-refractivity contribution >= 4 is 0 Å². The number of nitrogens with zero attached hydrogens (tertiary/aromatic N) is 1. The normalized spacial score (nSPS) is 14.1. The average Bonchev–Trinajstić information content (AvgIpc) is 2.39. The van der Waals surface area contributed by atoms with Crippen LogP contribution in [0.25, 0.3) is 0 Å². The van der Waals surface area contributed by atoms with Gasteiger partial charge in [0.05, 0.1) is 0 Å². The Morgan fingerprint density at radius 1 is 1.11 bits per heavy atom. The Morgan fingerprint density at radius 3 is 2.42 bits per heavy atom. The van der Waals surface area contributed by atoms with Gasteiger partial charge in [-0.05, 0) is 37.6 Å². The van der Waals surface area contributed by atoms with Gasteiger partial charge in [-0.25, -0.2) is 4.39 Å². The SMILES string of the molecule is CC(N[C@H](C)c1ccncc1)c1ccc(F)cc1O. The molecule has 4 heteroatoms. The highest BCUT2D eigenvalue weighted by Gasteiger charge is 2.14. The van der Waals surface area contributed by atoms with Crippen LogP contribution < -0.4 is 5.32 Å². The van der Waals surface area contributed by atoms with E-state index in [1.807, 2.05) is 26.0 Å². The van der Waals surface area contributed by atoms with E-state index in [-0.39, 0.29) is 17.8 Å². The largest absolute Gasteiger partial charge is 0.508 e. The van der Waals surface area contributed by atoms with Crippen LogP contribution in [0.2, 0.25) is 0 Å². The monoisotopic (exact) mass is 260 g/mol. The summed E-state index contributed by atoms with van der Waals surface area (Å²) in [6.07, 6.45) is 3.49. The minimum absolute atomic E-state index is 0.0260. The Bertz CT molecular complexity index is 545. The van der Waals surface area contributed by atoms with E-state index in [2.05, 4.69) is 10.3 Å². The molecule has 0 fully saturated rings. The van der Waals surface area contributed by atoms with Gasteiger partial charge in [0.25, 0.3) is 0 Å². The van der Waals surface area contributed by atoms with Crippen LogP contribution in [-0.2, 0) is 0 Å². The molecule has 1 aromatic heterocycles. The van der Waals surface area contributed by atoms with Crippen molar-refractivity contribution in [1.82, 2.24) is 10.3 Å². The molecule has 0 saturated heterocycles. The second-order valence-corrected chi connectivity index (χ2v) is 4.59. The van der Waals surface area contributed by atoms with Gasteiger partial charge in [-0.3, -0.25) is 4.98 Å². The zero-order valence-corrected chi connectivity index (χ0v) is 11.0. The van der Waals surface area contributed by atoms with E-state index in [0.29, 0.717) is 5.56 Å². The molecule has 0 bridgehead atoms. The Hall–Kier alpha value is -1.94. The Morgan fingerprint density at radius 2 is 1.79 bits per heavy atom. The summed E-state index contributed by atoms with van der Waals surface area (Å²) in [4.78, 5) is 3.98. The first-order valence-electron chi connectivity index (χ1n) is 6.22. The standard InChI is InChI=1S/C15H17FN2O/c1-10(12-5-7-17-8-6-12)18-11(2)14-4-3-13(16)9-15(14)19/h3-11,18-19H,1-2H3/t10-,11?/m1/s1. The number of rotatable bonds is 4. The molecular formula is C15H17FN2O. The summed E-state index contributed by atoms with van der Waals surface area (Å²) in [7, 11) is 0. The molecule has 1 aromatic carbocycles. The number of phenols is 1. The van der Waals surface area contributed by atoms with Crippen LogP contribution in [0.4, 0.5) is 4.39 Å².